The molecule has 108 valence electrons. The molecule has 0 unspecified atom stereocenters. The van der Waals surface area contributed by atoms with E-state index in [9.17, 15) is 15.4 Å². The molecular formula is C14H15N5O2. The number of nitrogen functional groups attached to an aromatic ring is 1. The third-order valence-electron chi connectivity index (χ3n) is 3.11. The standard InChI is InChI=1S/C14H15N5O2/c1-9(2)18-14(16)12(8-15)13(17-18)7-10-4-3-5-11(6-10)19(20)21/h3-6,9H,7,16H2,1-2H3. The fourth-order valence-electron chi connectivity index (χ4n) is 2.11. The topological polar surface area (TPSA) is 111 Å². The number of hydrogen-bond donors (Lipinski definition) is 1. The highest BCUT2D eigenvalue weighted by Gasteiger charge is 2.18. The molecule has 7 heteroatoms. The number of nitro groups is 1. The zero-order valence-electron chi connectivity index (χ0n) is 11.8. The minimum absolute atomic E-state index is 0.0160. The first-order valence-electron chi connectivity index (χ1n) is 6.44. The van der Waals surface area contributed by atoms with Gasteiger partial charge < -0.3 is 5.73 Å². The highest BCUT2D eigenvalue weighted by atomic mass is 16.6. The van der Waals surface area contributed by atoms with Gasteiger partial charge in [-0.05, 0) is 19.4 Å². The van der Waals surface area contributed by atoms with Gasteiger partial charge in [0.15, 0.2) is 0 Å². The Bertz CT molecular complexity index is 727. The third-order valence-corrected chi connectivity index (χ3v) is 3.11. The fraction of sp³-hybridized carbons (Fsp3) is 0.286. The Morgan fingerprint density at radius 2 is 2.24 bits per heavy atom. The average molecular weight is 285 g/mol. The van der Waals surface area contributed by atoms with Gasteiger partial charge in [-0.15, -0.1) is 0 Å². The molecule has 0 aliphatic heterocycles. The number of non-ortho nitro benzene ring substituents is 1. The first-order valence-corrected chi connectivity index (χ1v) is 6.44. The maximum Gasteiger partial charge on any atom is 0.269 e. The number of benzene rings is 1. The number of nitro benzene ring substituents is 1. The number of aromatic nitrogens is 2. The summed E-state index contributed by atoms with van der Waals surface area (Å²) in [5.41, 5.74) is 7.51. The highest BCUT2D eigenvalue weighted by molar-refractivity contribution is 5.53. The molecule has 7 nitrogen and oxygen atoms in total. The van der Waals surface area contributed by atoms with Crippen LogP contribution >= 0.6 is 0 Å². The van der Waals surface area contributed by atoms with E-state index in [1.54, 1.807) is 16.8 Å². The molecule has 0 saturated carbocycles. The number of nitriles is 1. The Hall–Kier alpha value is -2.88. The van der Waals surface area contributed by atoms with Crippen molar-refractivity contribution >= 4 is 11.5 Å². The number of nitrogens with two attached hydrogens (primary N) is 1. The summed E-state index contributed by atoms with van der Waals surface area (Å²) in [6, 6.07) is 8.37. The normalized spacial score (nSPS) is 10.6. The fourth-order valence-corrected chi connectivity index (χ4v) is 2.11. The van der Waals surface area contributed by atoms with Crippen molar-refractivity contribution in [2.24, 2.45) is 0 Å². The van der Waals surface area contributed by atoms with E-state index in [1.807, 2.05) is 13.8 Å². The maximum absolute atomic E-state index is 10.8. The van der Waals surface area contributed by atoms with Crippen LogP contribution in [-0.4, -0.2) is 14.7 Å². The van der Waals surface area contributed by atoms with Crippen LogP contribution in [0.4, 0.5) is 11.5 Å². The van der Waals surface area contributed by atoms with E-state index in [4.69, 9.17) is 5.73 Å². The van der Waals surface area contributed by atoms with E-state index in [-0.39, 0.29) is 11.7 Å². The quantitative estimate of drug-likeness (QED) is 0.685. The first kappa shape index (κ1) is 14.5. The van der Waals surface area contributed by atoms with Crippen LogP contribution in [0.3, 0.4) is 0 Å². The predicted molar refractivity (Wildman–Crippen MR) is 77.6 cm³/mol. The van der Waals surface area contributed by atoms with Crippen LogP contribution in [0.5, 0.6) is 0 Å². The summed E-state index contributed by atoms with van der Waals surface area (Å²) in [5.74, 6) is 0.327. The summed E-state index contributed by atoms with van der Waals surface area (Å²) in [5, 5.41) is 24.4. The zero-order chi connectivity index (χ0) is 15.6. The van der Waals surface area contributed by atoms with Gasteiger partial charge >= 0.3 is 0 Å². The molecule has 0 amide bonds. The van der Waals surface area contributed by atoms with Crippen LogP contribution in [0.25, 0.3) is 0 Å². The molecule has 21 heavy (non-hydrogen) atoms. The van der Waals surface area contributed by atoms with Crippen molar-refractivity contribution < 1.29 is 4.92 Å². The number of nitrogens with zero attached hydrogens (tertiary/aromatic N) is 4. The van der Waals surface area contributed by atoms with Crippen LogP contribution < -0.4 is 5.73 Å². The smallest absolute Gasteiger partial charge is 0.269 e. The van der Waals surface area contributed by atoms with Crippen LogP contribution in [0.1, 0.15) is 36.7 Å². The molecule has 2 rings (SSSR count). The number of rotatable bonds is 4. The summed E-state index contributed by atoms with van der Waals surface area (Å²) in [6.45, 7) is 3.84. The lowest BCUT2D eigenvalue weighted by Gasteiger charge is -2.06. The second-order valence-electron chi connectivity index (χ2n) is 4.96. The lowest BCUT2D eigenvalue weighted by Crippen LogP contribution is -2.07. The molecule has 2 aromatic rings. The van der Waals surface area contributed by atoms with Gasteiger partial charge in [0.25, 0.3) is 5.69 Å². The van der Waals surface area contributed by atoms with Crippen molar-refractivity contribution in [3.63, 3.8) is 0 Å². The zero-order valence-corrected chi connectivity index (χ0v) is 11.8. The highest BCUT2D eigenvalue weighted by Crippen LogP contribution is 2.23. The van der Waals surface area contributed by atoms with Crippen molar-refractivity contribution in [2.75, 3.05) is 5.73 Å². The van der Waals surface area contributed by atoms with Gasteiger partial charge in [-0.25, -0.2) is 4.68 Å². The maximum atomic E-state index is 10.8. The minimum atomic E-state index is -0.449. The molecule has 0 spiro atoms. The van der Waals surface area contributed by atoms with Crippen molar-refractivity contribution in [3.05, 3.63) is 51.2 Å². The SMILES string of the molecule is CC(C)n1nc(Cc2cccc([N+](=O)[O-])c2)c(C#N)c1N. The second-order valence-corrected chi connectivity index (χ2v) is 4.96. The van der Waals surface area contributed by atoms with Gasteiger partial charge in [-0.3, -0.25) is 10.1 Å². The molecule has 2 N–H and O–H groups in total. The van der Waals surface area contributed by atoms with E-state index in [1.165, 1.54) is 12.1 Å². The Balaban J connectivity index is 2.40. The van der Waals surface area contributed by atoms with Crippen LogP contribution in [-0.2, 0) is 6.42 Å². The predicted octanol–water partition coefficient (Wildman–Crippen LogP) is 2.42. The van der Waals surface area contributed by atoms with Gasteiger partial charge in [-0.1, -0.05) is 12.1 Å². The molecule has 0 fully saturated rings. The average Bonchev–Trinajstić information content (AvgIpc) is 2.75. The summed E-state index contributed by atoms with van der Waals surface area (Å²) in [6.07, 6.45) is 0.328. The Morgan fingerprint density at radius 3 is 2.81 bits per heavy atom. The van der Waals surface area contributed by atoms with Crippen molar-refractivity contribution in [1.29, 1.82) is 5.26 Å². The summed E-state index contributed by atoms with van der Waals surface area (Å²) in [4.78, 5) is 10.3. The minimum Gasteiger partial charge on any atom is -0.383 e. The van der Waals surface area contributed by atoms with E-state index in [0.717, 1.165) is 0 Å². The number of hydrogen-bond acceptors (Lipinski definition) is 5. The molecule has 0 aliphatic carbocycles. The van der Waals surface area contributed by atoms with Crippen LogP contribution in [0.2, 0.25) is 0 Å². The van der Waals surface area contributed by atoms with Crippen molar-refractivity contribution in [2.45, 2.75) is 26.3 Å². The molecule has 0 radical (unpaired) electrons. The Labute approximate surface area is 121 Å². The summed E-state index contributed by atoms with van der Waals surface area (Å²) < 4.78 is 1.59. The molecule has 1 aromatic carbocycles. The van der Waals surface area contributed by atoms with Crippen molar-refractivity contribution in [3.8, 4) is 6.07 Å². The molecular weight excluding hydrogens is 270 g/mol. The molecule has 1 aromatic heterocycles. The van der Waals surface area contributed by atoms with E-state index >= 15 is 0 Å². The second kappa shape index (κ2) is 5.63. The van der Waals surface area contributed by atoms with Crippen molar-refractivity contribution in [1.82, 2.24) is 9.78 Å². The van der Waals surface area contributed by atoms with E-state index in [2.05, 4.69) is 11.2 Å². The lowest BCUT2D eigenvalue weighted by molar-refractivity contribution is -0.384. The largest absolute Gasteiger partial charge is 0.383 e. The number of anilines is 1. The van der Waals surface area contributed by atoms with Gasteiger partial charge in [0.1, 0.15) is 17.5 Å². The lowest BCUT2D eigenvalue weighted by atomic mass is 10.1. The Morgan fingerprint density at radius 1 is 1.52 bits per heavy atom. The van der Waals surface area contributed by atoms with Gasteiger partial charge in [0, 0.05) is 24.6 Å². The molecule has 0 atom stereocenters. The van der Waals surface area contributed by atoms with Gasteiger partial charge in [0.2, 0.25) is 0 Å². The van der Waals surface area contributed by atoms with Crippen LogP contribution in [0.15, 0.2) is 24.3 Å². The first-order chi connectivity index (χ1) is 9.93. The third kappa shape index (κ3) is 2.84. The molecule has 0 bridgehead atoms. The molecule has 0 saturated heterocycles. The summed E-state index contributed by atoms with van der Waals surface area (Å²) >= 11 is 0. The van der Waals surface area contributed by atoms with E-state index < -0.39 is 4.92 Å². The van der Waals surface area contributed by atoms with E-state index in [0.29, 0.717) is 29.1 Å². The Kier molecular flexibility index (Phi) is 3.89. The van der Waals surface area contributed by atoms with Gasteiger partial charge in [0.05, 0.1) is 10.6 Å². The summed E-state index contributed by atoms with van der Waals surface area (Å²) in [7, 11) is 0. The van der Waals surface area contributed by atoms with Gasteiger partial charge in [-0.2, -0.15) is 10.4 Å². The van der Waals surface area contributed by atoms with Crippen LogP contribution in [0, 0.1) is 21.4 Å². The monoisotopic (exact) mass is 285 g/mol. The molecule has 0 aliphatic rings. The molecule has 1 heterocycles.